The second-order valence-corrected chi connectivity index (χ2v) is 5.44. The van der Waals surface area contributed by atoms with E-state index in [0.29, 0.717) is 5.89 Å². The second-order valence-electron chi connectivity index (χ2n) is 3.96. The molecule has 0 saturated carbocycles. The molecule has 0 atom stereocenters. The second kappa shape index (κ2) is 4.86. The van der Waals surface area contributed by atoms with Crippen molar-refractivity contribution in [2.75, 3.05) is 0 Å². The van der Waals surface area contributed by atoms with Crippen molar-refractivity contribution in [3.05, 3.63) is 52.5 Å². The Hall–Kier alpha value is -1.13. The van der Waals surface area contributed by atoms with Crippen LogP contribution in [0.25, 0.3) is 22.6 Å². The number of benzene rings is 2. The van der Waals surface area contributed by atoms with Gasteiger partial charge in [-0.15, -0.1) is 0 Å². The quantitative estimate of drug-likeness (QED) is 0.586. The Morgan fingerprint density at radius 2 is 1.83 bits per heavy atom. The summed E-state index contributed by atoms with van der Waals surface area (Å²) in [5.41, 5.74) is 3.88. The maximum Gasteiger partial charge on any atom is 0.227 e. The van der Waals surface area contributed by atoms with Crippen molar-refractivity contribution in [1.82, 2.24) is 4.98 Å². The molecule has 0 radical (unpaired) electrons. The molecule has 2 aromatic carbocycles. The van der Waals surface area contributed by atoms with Crippen LogP contribution < -0.4 is 0 Å². The largest absolute Gasteiger partial charge is 0.436 e. The highest BCUT2D eigenvalue weighted by atomic mass is 79.9. The van der Waals surface area contributed by atoms with E-state index in [0.717, 1.165) is 26.5 Å². The predicted molar refractivity (Wildman–Crippen MR) is 79.8 cm³/mol. The maximum atomic E-state index is 5.75. The highest BCUT2D eigenvalue weighted by molar-refractivity contribution is 9.10. The van der Waals surface area contributed by atoms with E-state index < -0.39 is 0 Å². The van der Waals surface area contributed by atoms with Gasteiger partial charge in [-0.1, -0.05) is 37.9 Å². The van der Waals surface area contributed by atoms with Gasteiger partial charge in [0.05, 0.1) is 0 Å². The molecule has 0 aliphatic heterocycles. The summed E-state index contributed by atoms with van der Waals surface area (Å²) in [5.74, 6) is 0.657. The number of halogens is 2. The average Bonchev–Trinajstić information content (AvgIpc) is 2.82. The zero-order chi connectivity index (χ0) is 12.5. The molecule has 2 nitrogen and oxygen atoms in total. The molecule has 0 spiro atoms. The third-order valence-electron chi connectivity index (χ3n) is 2.70. The van der Waals surface area contributed by atoms with Crippen LogP contribution in [0.5, 0.6) is 0 Å². The summed E-state index contributed by atoms with van der Waals surface area (Å²) in [6.45, 7) is 0. The van der Waals surface area contributed by atoms with E-state index in [9.17, 15) is 0 Å². The number of alkyl halides is 1. The number of aromatic nitrogens is 1. The van der Waals surface area contributed by atoms with Crippen LogP contribution >= 0.6 is 31.9 Å². The maximum absolute atomic E-state index is 5.75. The zero-order valence-corrected chi connectivity index (χ0v) is 12.5. The Morgan fingerprint density at radius 1 is 1.06 bits per heavy atom. The average molecular weight is 367 g/mol. The molecule has 0 fully saturated rings. The number of rotatable bonds is 2. The van der Waals surface area contributed by atoms with Crippen LogP contribution in [0.1, 0.15) is 5.56 Å². The molecule has 3 rings (SSSR count). The van der Waals surface area contributed by atoms with Crippen molar-refractivity contribution in [3.63, 3.8) is 0 Å². The van der Waals surface area contributed by atoms with Crippen molar-refractivity contribution in [2.45, 2.75) is 5.33 Å². The number of oxazole rings is 1. The molecule has 0 aliphatic rings. The molecule has 0 aliphatic carbocycles. The van der Waals surface area contributed by atoms with Gasteiger partial charge in [0.25, 0.3) is 0 Å². The Morgan fingerprint density at radius 3 is 2.56 bits per heavy atom. The van der Waals surface area contributed by atoms with Crippen molar-refractivity contribution in [1.29, 1.82) is 0 Å². The molecule has 0 bridgehead atoms. The Labute approximate surface area is 121 Å². The third-order valence-corrected chi connectivity index (χ3v) is 3.87. The monoisotopic (exact) mass is 365 g/mol. The fraction of sp³-hybridized carbons (Fsp3) is 0.0714. The highest BCUT2D eigenvalue weighted by Gasteiger charge is 2.08. The predicted octanol–water partition coefficient (Wildman–Crippen LogP) is 5.15. The summed E-state index contributed by atoms with van der Waals surface area (Å²) >= 11 is 6.85. The van der Waals surface area contributed by atoms with Gasteiger partial charge in [0.2, 0.25) is 5.89 Å². The molecular formula is C14H9Br2NO. The van der Waals surface area contributed by atoms with Gasteiger partial charge < -0.3 is 4.42 Å². The molecule has 18 heavy (non-hydrogen) atoms. The molecule has 3 aromatic rings. The van der Waals surface area contributed by atoms with E-state index in [4.69, 9.17) is 4.42 Å². The van der Waals surface area contributed by atoms with Gasteiger partial charge in [0.15, 0.2) is 5.58 Å². The van der Waals surface area contributed by atoms with E-state index in [1.165, 1.54) is 5.56 Å². The summed E-state index contributed by atoms with van der Waals surface area (Å²) in [4.78, 5) is 4.52. The fourth-order valence-corrected chi connectivity index (χ4v) is 2.39. The lowest BCUT2D eigenvalue weighted by molar-refractivity contribution is 0.620. The molecule has 0 saturated heterocycles. The van der Waals surface area contributed by atoms with Crippen LogP contribution in [0.15, 0.2) is 51.4 Å². The molecule has 4 heteroatoms. The Bertz CT molecular complexity index is 689. The van der Waals surface area contributed by atoms with Gasteiger partial charge in [-0.25, -0.2) is 4.98 Å². The SMILES string of the molecule is BrCc1ccc2oc(-c3ccc(Br)cc3)nc2c1. The topological polar surface area (TPSA) is 26.0 Å². The van der Waals surface area contributed by atoms with Crippen molar-refractivity contribution in [3.8, 4) is 11.5 Å². The van der Waals surface area contributed by atoms with Gasteiger partial charge in [-0.05, 0) is 42.0 Å². The zero-order valence-electron chi connectivity index (χ0n) is 9.36. The van der Waals surface area contributed by atoms with Crippen LogP contribution in [0.2, 0.25) is 0 Å². The normalized spacial score (nSPS) is 11.0. The smallest absolute Gasteiger partial charge is 0.227 e. The van der Waals surface area contributed by atoms with E-state index in [2.05, 4.69) is 36.8 Å². The van der Waals surface area contributed by atoms with Crippen LogP contribution in [0.3, 0.4) is 0 Å². The van der Waals surface area contributed by atoms with E-state index in [1.54, 1.807) is 0 Å². The van der Waals surface area contributed by atoms with Crippen molar-refractivity contribution in [2.24, 2.45) is 0 Å². The number of nitrogens with zero attached hydrogens (tertiary/aromatic N) is 1. The van der Waals surface area contributed by atoms with Crippen molar-refractivity contribution < 1.29 is 4.42 Å². The van der Waals surface area contributed by atoms with Crippen molar-refractivity contribution >= 4 is 43.0 Å². The number of hydrogen-bond donors (Lipinski definition) is 0. The summed E-state index contributed by atoms with van der Waals surface area (Å²) in [7, 11) is 0. The first-order chi connectivity index (χ1) is 8.76. The summed E-state index contributed by atoms with van der Waals surface area (Å²) in [6, 6.07) is 14.0. The minimum Gasteiger partial charge on any atom is -0.436 e. The highest BCUT2D eigenvalue weighted by Crippen LogP contribution is 2.26. The Kier molecular flexibility index (Phi) is 3.22. The van der Waals surface area contributed by atoms with Gasteiger partial charge in [-0.2, -0.15) is 0 Å². The molecule has 0 unspecified atom stereocenters. The van der Waals surface area contributed by atoms with E-state index in [-0.39, 0.29) is 0 Å². The van der Waals surface area contributed by atoms with Crippen LogP contribution in [-0.4, -0.2) is 4.98 Å². The molecule has 0 N–H and O–H groups in total. The molecular weight excluding hydrogens is 358 g/mol. The molecule has 1 heterocycles. The van der Waals surface area contributed by atoms with Crippen LogP contribution in [-0.2, 0) is 5.33 Å². The van der Waals surface area contributed by atoms with Gasteiger partial charge in [0.1, 0.15) is 5.52 Å². The Balaban J connectivity index is 2.10. The molecule has 90 valence electrons. The molecule has 1 aromatic heterocycles. The summed E-state index contributed by atoms with van der Waals surface area (Å²) < 4.78 is 6.80. The number of fused-ring (bicyclic) bond motifs is 1. The molecule has 0 amide bonds. The van der Waals surface area contributed by atoms with Crippen LogP contribution in [0, 0.1) is 0 Å². The first-order valence-electron chi connectivity index (χ1n) is 5.47. The standard InChI is InChI=1S/C14H9Br2NO/c15-8-9-1-6-13-12(7-9)17-14(18-13)10-2-4-11(16)5-3-10/h1-7H,8H2. The minimum absolute atomic E-state index is 0.657. The first-order valence-corrected chi connectivity index (χ1v) is 7.39. The summed E-state index contributed by atoms with van der Waals surface area (Å²) in [6.07, 6.45) is 0. The third kappa shape index (κ3) is 2.22. The van der Waals surface area contributed by atoms with Gasteiger partial charge >= 0.3 is 0 Å². The fourth-order valence-electron chi connectivity index (χ4n) is 1.77. The van der Waals surface area contributed by atoms with Crippen LogP contribution in [0.4, 0.5) is 0 Å². The van der Waals surface area contributed by atoms with E-state index >= 15 is 0 Å². The van der Waals surface area contributed by atoms with Gasteiger partial charge in [-0.3, -0.25) is 0 Å². The first kappa shape index (κ1) is 11.9. The minimum atomic E-state index is 0.657. The lowest BCUT2D eigenvalue weighted by Crippen LogP contribution is -1.77. The van der Waals surface area contributed by atoms with E-state index in [1.807, 2.05) is 42.5 Å². The summed E-state index contributed by atoms with van der Waals surface area (Å²) in [5, 5.41) is 0.823. The van der Waals surface area contributed by atoms with Gasteiger partial charge in [0, 0.05) is 15.4 Å². The number of hydrogen-bond acceptors (Lipinski definition) is 2. The lowest BCUT2D eigenvalue weighted by atomic mass is 10.2. The lowest BCUT2D eigenvalue weighted by Gasteiger charge is -1.94.